The molecule has 0 spiro atoms. The van der Waals surface area contributed by atoms with Crippen molar-refractivity contribution in [2.45, 2.75) is 0 Å². The van der Waals surface area contributed by atoms with Crippen molar-refractivity contribution in [3.8, 4) is 11.4 Å². The van der Waals surface area contributed by atoms with Crippen LogP contribution in [0.4, 0.5) is 0 Å². The first kappa shape index (κ1) is 19.6. The third-order valence-electron chi connectivity index (χ3n) is 4.13. The van der Waals surface area contributed by atoms with Gasteiger partial charge in [0.2, 0.25) is 0 Å². The topological polar surface area (TPSA) is 106 Å². The summed E-state index contributed by atoms with van der Waals surface area (Å²) in [7, 11) is 0. The monoisotopic (exact) mass is 381 g/mol. The largest absolute Gasteiger partial charge is 1.00 e. The Morgan fingerprint density at radius 3 is 1.41 bits per heavy atom. The summed E-state index contributed by atoms with van der Waals surface area (Å²) in [6, 6.07) is 16.2. The summed E-state index contributed by atoms with van der Waals surface area (Å²) in [6.45, 7) is 0. The number of carboxylic acids is 2. The molecule has 0 bridgehead atoms. The zero-order chi connectivity index (χ0) is 18.3. The number of pyridine rings is 2. The number of carboxylic acid groups (broad SMARTS) is 2. The molecule has 0 aliphatic carbocycles. The molecule has 2 heterocycles. The molecule has 0 saturated heterocycles. The summed E-state index contributed by atoms with van der Waals surface area (Å²) < 4.78 is 0. The average Bonchev–Trinajstić information content (AvgIpc) is 2.66. The van der Waals surface area contributed by atoms with Gasteiger partial charge in [-0.25, -0.2) is 9.97 Å². The summed E-state index contributed by atoms with van der Waals surface area (Å²) >= 11 is 0. The molecule has 0 aliphatic rings. The van der Waals surface area contributed by atoms with Crippen molar-refractivity contribution in [1.82, 2.24) is 9.97 Å². The molecule has 7 heteroatoms. The van der Waals surface area contributed by atoms with Crippen LogP contribution in [-0.2, 0) is 0 Å². The number of aromatic carboxylic acids is 2. The summed E-state index contributed by atoms with van der Waals surface area (Å²) in [6.07, 6.45) is 0. The summed E-state index contributed by atoms with van der Waals surface area (Å²) in [5.41, 5.74) is 1.33. The normalized spacial score (nSPS) is 10.5. The van der Waals surface area contributed by atoms with Crippen LogP contribution < -0.4 is 61.6 Å². The van der Waals surface area contributed by atoms with Crippen molar-refractivity contribution >= 4 is 33.7 Å². The first-order chi connectivity index (χ1) is 12.5. The van der Waals surface area contributed by atoms with Crippen molar-refractivity contribution in [3.63, 3.8) is 0 Å². The standard InChI is InChI=1S/C20H12N2O4.K/c23-19(24)13-9-17(21-15-7-3-1-5-11(13)15)18-10-14(20(25)26)12-6-2-4-8-16(12)22-18;/h1-10H,(H,23,24)(H,25,26);/q;+1/p-2. The summed E-state index contributed by atoms with van der Waals surface area (Å²) in [5.74, 6) is -2.68. The maximum atomic E-state index is 11.5. The van der Waals surface area contributed by atoms with E-state index in [1.807, 2.05) is 0 Å². The van der Waals surface area contributed by atoms with Crippen molar-refractivity contribution in [2.75, 3.05) is 0 Å². The van der Waals surface area contributed by atoms with Crippen LogP contribution >= 0.6 is 0 Å². The number of hydrogen-bond acceptors (Lipinski definition) is 6. The molecule has 0 amide bonds. The van der Waals surface area contributed by atoms with E-state index in [4.69, 9.17) is 0 Å². The fourth-order valence-corrected chi connectivity index (χ4v) is 2.95. The smallest absolute Gasteiger partial charge is 0.545 e. The van der Waals surface area contributed by atoms with Crippen LogP contribution in [0, 0.1) is 0 Å². The van der Waals surface area contributed by atoms with Crippen molar-refractivity contribution < 1.29 is 71.2 Å². The molecule has 0 aliphatic heterocycles. The Kier molecular flexibility index (Phi) is 5.68. The van der Waals surface area contributed by atoms with Crippen LogP contribution in [0.3, 0.4) is 0 Å². The number of carbonyl (C=O) groups excluding carboxylic acids is 2. The molecule has 126 valence electrons. The molecular weight excluding hydrogens is 371 g/mol. The molecule has 0 N–H and O–H groups in total. The van der Waals surface area contributed by atoms with Crippen molar-refractivity contribution in [3.05, 3.63) is 71.8 Å². The summed E-state index contributed by atoms with van der Waals surface area (Å²) in [5, 5.41) is 23.9. The van der Waals surface area contributed by atoms with Gasteiger partial charge in [0.05, 0.1) is 34.4 Å². The first-order valence-electron chi connectivity index (χ1n) is 7.77. The van der Waals surface area contributed by atoms with Crippen LogP contribution in [0.5, 0.6) is 0 Å². The quantitative estimate of drug-likeness (QED) is 0.387. The van der Waals surface area contributed by atoms with E-state index in [0.29, 0.717) is 21.8 Å². The first-order valence-corrected chi connectivity index (χ1v) is 7.77. The number of para-hydroxylation sites is 2. The molecule has 0 unspecified atom stereocenters. The predicted octanol–water partition coefficient (Wildman–Crippen LogP) is -1.82. The molecule has 0 fully saturated rings. The van der Waals surface area contributed by atoms with E-state index in [9.17, 15) is 19.8 Å². The van der Waals surface area contributed by atoms with E-state index < -0.39 is 11.9 Å². The Morgan fingerprint density at radius 1 is 0.667 bits per heavy atom. The molecule has 2 aromatic heterocycles. The number of fused-ring (bicyclic) bond motifs is 2. The number of carbonyl (C=O) groups is 2. The minimum atomic E-state index is -1.34. The van der Waals surface area contributed by atoms with Gasteiger partial charge < -0.3 is 19.8 Å². The SMILES string of the molecule is O=C([O-])c1cc(-c2cc(C(=O)[O-])c3ccccc3n2)nc2ccccc12.[K+]. The fraction of sp³-hybridized carbons (Fsp3) is 0. The average molecular weight is 381 g/mol. The molecule has 0 radical (unpaired) electrons. The van der Waals surface area contributed by atoms with Crippen LogP contribution in [-0.4, -0.2) is 21.9 Å². The Balaban J connectivity index is 0.00000210. The van der Waals surface area contributed by atoms with Crippen molar-refractivity contribution in [2.24, 2.45) is 0 Å². The van der Waals surface area contributed by atoms with Crippen molar-refractivity contribution in [1.29, 1.82) is 0 Å². The second-order valence-corrected chi connectivity index (χ2v) is 5.72. The van der Waals surface area contributed by atoms with Gasteiger partial charge in [0.15, 0.2) is 0 Å². The Hall–Kier alpha value is -2.16. The fourth-order valence-electron chi connectivity index (χ4n) is 2.95. The van der Waals surface area contributed by atoms with Crippen LogP contribution in [0.2, 0.25) is 0 Å². The Bertz CT molecular complexity index is 1110. The molecule has 4 aromatic rings. The number of rotatable bonds is 3. The Labute approximate surface area is 196 Å². The van der Waals surface area contributed by atoms with Gasteiger partial charge in [0.25, 0.3) is 0 Å². The minimum Gasteiger partial charge on any atom is -0.545 e. The van der Waals surface area contributed by atoms with Gasteiger partial charge in [-0.05, 0) is 24.3 Å². The molecule has 6 nitrogen and oxygen atoms in total. The number of benzene rings is 2. The molecule has 27 heavy (non-hydrogen) atoms. The number of aromatic nitrogens is 2. The third kappa shape index (κ3) is 3.65. The van der Waals surface area contributed by atoms with E-state index in [2.05, 4.69) is 9.97 Å². The van der Waals surface area contributed by atoms with Crippen LogP contribution in [0.25, 0.3) is 33.2 Å². The van der Waals surface area contributed by atoms with Gasteiger partial charge in [0, 0.05) is 21.9 Å². The zero-order valence-electron chi connectivity index (χ0n) is 14.3. The molecular formula is C20H10KN2O4-. The predicted molar refractivity (Wildman–Crippen MR) is 91.1 cm³/mol. The van der Waals surface area contributed by atoms with Gasteiger partial charge in [0.1, 0.15) is 0 Å². The van der Waals surface area contributed by atoms with Gasteiger partial charge >= 0.3 is 51.4 Å². The second-order valence-electron chi connectivity index (χ2n) is 5.72. The Morgan fingerprint density at radius 2 is 1.04 bits per heavy atom. The maximum Gasteiger partial charge on any atom is 1.00 e. The van der Waals surface area contributed by atoms with E-state index in [1.54, 1.807) is 48.5 Å². The number of nitrogens with zero attached hydrogens (tertiary/aromatic N) is 2. The number of hydrogen-bond donors (Lipinski definition) is 0. The minimum absolute atomic E-state index is 0. The van der Waals surface area contributed by atoms with Crippen LogP contribution in [0.15, 0.2) is 60.7 Å². The van der Waals surface area contributed by atoms with Crippen LogP contribution in [0.1, 0.15) is 20.7 Å². The molecule has 2 aromatic carbocycles. The van der Waals surface area contributed by atoms with E-state index in [-0.39, 0.29) is 73.9 Å². The third-order valence-corrected chi connectivity index (χ3v) is 4.13. The molecule has 0 atom stereocenters. The molecule has 0 saturated carbocycles. The maximum absolute atomic E-state index is 11.5. The van der Waals surface area contributed by atoms with Gasteiger partial charge in [-0.1, -0.05) is 36.4 Å². The summed E-state index contributed by atoms with van der Waals surface area (Å²) in [4.78, 5) is 31.9. The van der Waals surface area contributed by atoms with E-state index in [1.165, 1.54) is 12.1 Å². The van der Waals surface area contributed by atoms with E-state index >= 15 is 0 Å². The molecule has 4 rings (SSSR count). The van der Waals surface area contributed by atoms with Gasteiger partial charge in [-0.3, -0.25) is 0 Å². The van der Waals surface area contributed by atoms with Gasteiger partial charge in [-0.2, -0.15) is 0 Å². The van der Waals surface area contributed by atoms with Gasteiger partial charge in [-0.15, -0.1) is 0 Å². The second kappa shape index (κ2) is 7.83. The van der Waals surface area contributed by atoms with E-state index in [0.717, 1.165) is 0 Å². The zero-order valence-corrected chi connectivity index (χ0v) is 17.4.